The smallest absolute Gasteiger partial charge is 0.308 e. The second-order valence-corrected chi connectivity index (χ2v) is 5.31. The number of para-hydroxylation sites is 1. The maximum atomic E-state index is 12.3. The van der Waals surface area contributed by atoms with E-state index in [2.05, 4.69) is 0 Å². The van der Waals surface area contributed by atoms with Crippen LogP contribution in [0.3, 0.4) is 0 Å². The van der Waals surface area contributed by atoms with E-state index in [9.17, 15) is 9.59 Å². The predicted molar refractivity (Wildman–Crippen MR) is 92.8 cm³/mol. The molecule has 3 rings (SSSR count). The molecule has 1 aliphatic heterocycles. The van der Waals surface area contributed by atoms with Crippen LogP contribution in [-0.2, 0) is 4.79 Å². The van der Waals surface area contributed by atoms with Gasteiger partial charge in [0.2, 0.25) is 5.78 Å². The number of fused-ring (bicyclic) bond motifs is 1. The summed E-state index contributed by atoms with van der Waals surface area (Å²) in [4.78, 5) is 23.3. The molecule has 0 spiro atoms. The second-order valence-electron chi connectivity index (χ2n) is 5.31. The largest absolute Gasteiger partial charge is 0.496 e. The van der Waals surface area contributed by atoms with Gasteiger partial charge in [0, 0.05) is 18.6 Å². The monoisotopic (exact) mass is 336 g/mol. The molecule has 0 N–H and O–H groups in total. The number of methoxy groups -OCH3 is 1. The van der Waals surface area contributed by atoms with Gasteiger partial charge in [-0.25, -0.2) is 0 Å². The second kappa shape index (κ2) is 7.05. The van der Waals surface area contributed by atoms with Crippen molar-refractivity contribution in [3.05, 3.63) is 71.5 Å². The molecule has 0 saturated heterocycles. The first kappa shape index (κ1) is 16.5. The fourth-order valence-electron chi connectivity index (χ4n) is 2.45. The molecule has 0 fully saturated rings. The summed E-state index contributed by atoms with van der Waals surface area (Å²) in [7, 11) is 1.60. The van der Waals surface area contributed by atoms with Gasteiger partial charge >= 0.3 is 5.97 Å². The molecule has 2 aromatic rings. The Hall–Kier alpha value is -3.34. The number of Topliss-reactive ketones (excluding diaryl/α,β-unsaturated/α-hetero) is 1. The predicted octanol–water partition coefficient (Wildman–Crippen LogP) is 3.79. The molecular formula is C20H16O5. The normalized spacial score (nSPS) is 14.5. The van der Waals surface area contributed by atoms with E-state index in [-0.39, 0.29) is 11.5 Å². The highest BCUT2D eigenvalue weighted by atomic mass is 16.5. The number of carbonyl (C=O) groups is 2. The Bertz CT molecular complexity index is 893. The number of allylic oxidation sites excluding steroid dienone is 3. The number of ketones is 1. The zero-order valence-electron chi connectivity index (χ0n) is 13.8. The van der Waals surface area contributed by atoms with E-state index in [1.54, 1.807) is 31.4 Å². The lowest BCUT2D eigenvalue weighted by Gasteiger charge is -2.03. The van der Waals surface area contributed by atoms with Crippen molar-refractivity contribution < 1.29 is 23.8 Å². The maximum Gasteiger partial charge on any atom is 0.308 e. The van der Waals surface area contributed by atoms with E-state index in [0.717, 1.165) is 11.3 Å². The zero-order chi connectivity index (χ0) is 17.8. The van der Waals surface area contributed by atoms with Crippen molar-refractivity contribution in [3.8, 4) is 17.2 Å². The van der Waals surface area contributed by atoms with E-state index in [1.807, 2.05) is 30.3 Å². The molecule has 0 unspecified atom stereocenters. The Kier molecular flexibility index (Phi) is 4.66. The molecule has 0 aromatic heterocycles. The summed E-state index contributed by atoms with van der Waals surface area (Å²) in [5, 5.41) is 0. The lowest BCUT2D eigenvalue weighted by atomic mass is 10.1. The van der Waals surface area contributed by atoms with Gasteiger partial charge in [0.1, 0.15) is 17.2 Å². The average molecular weight is 336 g/mol. The van der Waals surface area contributed by atoms with Crippen molar-refractivity contribution in [1.82, 2.24) is 0 Å². The van der Waals surface area contributed by atoms with Gasteiger partial charge in [0.25, 0.3) is 0 Å². The molecule has 5 heteroatoms. The fourth-order valence-corrected chi connectivity index (χ4v) is 2.45. The standard InChI is InChI=1S/C20H16O5/c1-13(21)24-15-10-11-16-19(12-15)25-18(20(16)22)9-5-7-14-6-3-4-8-17(14)23-2/h3-12H,1-2H3/b7-5+,18-9+. The minimum absolute atomic E-state index is 0.209. The van der Waals surface area contributed by atoms with E-state index in [1.165, 1.54) is 13.0 Å². The molecule has 126 valence electrons. The minimum Gasteiger partial charge on any atom is -0.496 e. The molecule has 1 heterocycles. The van der Waals surface area contributed by atoms with Crippen molar-refractivity contribution >= 4 is 17.8 Å². The van der Waals surface area contributed by atoms with Crippen LogP contribution in [0.15, 0.2) is 60.4 Å². The van der Waals surface area contributed by atoms with Crippen molar-refractivity contribution in [2.45, 2.75) is 6.92 Å². The highest BCUT2D eigenvalue weighted by molar-refractivity contribution is 6.12. The van der Waals surface area contributed by atoms with E-state index < -0.39 is 5.97 Å². The van der Waals surface area contributed by atoms with Crippen LogP contribution in [0.1, 0.15) is 22.8 Å². The first-order valence-corrected chi connectivity index (χ1v) is 7.65. The molecule has 0 saturated carbocycles. The number of ether oxygens (including phenoxy) is 3. The average Bonchev–Trinajstić information content (AvgIpc) is 2.90. The number of hydrogen-bond acceptors (Lipinski definition) is 5. The van der Waals surface area contributed by atoms with Crippen LogP contribution >= 0.6 is 0 Å². The van der Waals surface area contributed by atoms with Crippen molar-refractivity contribution in [2.75, 3.05) is 7.11 Å². The van der Waals surface area contributed by atoms with Gasteiger partial charge in [-0.15, -0.1) is 0 Å². The first-order chi connectivity index (χ1) is 12.1. The summed E-state index contributed by atoms with van der Waals surface area (Å²) in [5.74, 6) is 1.02. The van der Waals surface area contributed by atoms with Gasteiger partial charge in [-0.3, -0.25) is 9.59 Å². The molecule has 0 radical (unpaired) electrons. The van der Waals surface area contributed by atoms with E-state index in [0.29, 0.717) is 17.1 Å². The number of benzene rings is 2. The number of rotatable bonds is 4. The first-order valence-electron chi connectivity index (χ1n) is 7.65. The molecule has 0 aliphatic carbocycles. The summed E-state index contributed by atoms with van der Waals surface area (Å²) in [5.41, 5.74) is 1.33. The van der Waals surface area contributed by atoms with Crippen LogP contribution in [0, 0.1) is 0 Å². The van der Waals surface area contributed by atoms with Crippen molar-refractivity contribution in [1.29, 1.82) is 0 Å². The van der Waals surface area contributed by atoms with Gasteiger partial charge in [0.15, 0.2) is 5.76 Å². The van der Waals surface area contributed by atoms with Crippen LogP contribution in [0.25, 0.3) is 6.08 Å². The van der Waals surface area contributed by atoms with Crippen LogP contribution in [0.5, 0.6) is 17.2 Å². The van der Waals surface area contributed by atoms with Gasteiger partial charge < -0.3 is 14.2 Å². The Labute approximate surface area is 145 Å². The fraction of sp³-hybridized carbons (Fsp3) is 0.100. The molecule has 2 aromatic carbocycles. The molecule has 1 aliphatic rings. The van der Waals surface area contributed by atoms with Gasteiger partial charge in [-0.05, 0) is 24.3 Å². The highest BCUT2D eigenvalue weighted by Crippen LogP contribution is 2.34. The quantitative estimate of drug-likeness (QED) is 0.483. The zero-order valence-corrected chi connectivity index (χ0v) is 13.8. The number of hydrogen-bond donors (Lipinski definition) is 0. The third kappa shape index (κ3) is 3.61. The molecule has 0 atom stereocenters. The third-order valence-electron chi connectivity index (χ3n) is 3.57. The number of carbonyl (C=O) groups excluding carboxylic acids is 2. The lowest BCUT2D eigenvalue weighted by molar-refractivity contribution is -0.131. The van der Waals surface area contributed by atoms with Gasteiger partial charge in [-0.2, -0.15) is 0 Å². The van der Waals surface area contributed by atoms with E-state index >= 15 is 0 Å². The van der Waals surface area contributed by atoms with Gasteiger partial charge in [0.05, 0.1) is 12.7 Å². The Balaban J connectivity index is 1.80. The molecule has 0 bridgehead atoms. The summed E-state index contributed by atoms with van der Waals surface area (Å²) >= 11 is 0. The van der Waals surface area contributed by atoms with E-state index in [4.69, 9.17) is 14.2 Å². The Morgan fingerprint density at radius 1 is 1.16 bits per heavy atom. The van der Waals surface area contributed by atoms with Crippen molar-refractivity contribution in [2.24, 2.45) is 0 Å². The summed E-state index contributed by atoms with van der Waals surface area (Å²) < 4.78 is 15.8. The Morgan fingerprint density at radius 3 is 2.72 bits per heavy atom. The molecule has 0 amide bonds. The highest BCUT2D eigenvalue weighted by Gasteiger charge is 2.27. The SMILES string of the molecule is COc1ccccc1/C=C/C=C1/Oc2cc(OC(C)=O)ccc2C1=O. The van der Waals surface area contributed by atoms with Crippen LogP contribution in [0.2, 0.25) is 0 Å². The summed E-state index contributed by atoms with van der Waals surface area (Å²) in [6.07, 6.45) is 5.15. The van der Waals surface area contributed by atoms with Crippen LogP contribution in [0.4, 0.5) is 0 Å². The number of esters is 1. The third-order valence-corrected chi connectivity index (χ3v) is 3.57. The Morgan fingerprint density at radius 2 is 1.96 bits per heavy atom. The van der Waals surface area contributed by atoms with Crippen molar-refractivity contribution in [3.63, 3.8) is 0 Å². The maximum absolute atomic E-state index is 12.3. The molecule has 25 heavy (non-hydrogen) atoms. The van der Waals surface area contributed by atoms with Gasteiger partial charge in [-0.1, -0.05) is 30.4 Å². The lowest BCUT2D eigenvalue weighted by Crippen LogP contribution is -2.01. The summed E-state index contributed by atoms with van der Waals surface area (Å²) in [6.45, 7) is 1.31. The topological polar surface area (TPSA) is 61.8 Å². The minimum atomic E-state index is -0.431. The van der Waals surface area contributed by atoms with Crippen LogP contribution < -0.4 is 14.2 Å². The molecule has 5 nitrogen and oxygen atoms in total. The summed E-state index contributed by atoms with van der Waals surface area (Å²) in [6, 6.07) is 12.2. The van der Waals surface area contributed by atoms with Crippen LogP contribution in [-0.4, -0.2) is 18.9 Å². The molecular weight excluding hydrogens is 320 g/mol.